The van der Waals surface area contributed by atoms with Crippen molar-refractivity contribution in [2.75, 3.05) is 0 Å². The van der Waals surface area contributed by atoms with E-state index in [9.17, 15) is 15.0 Å². The summed E-state index contributed by atoms with van der Waals surface area (Å²) in [6.07, 6.45) is 0. The molecule has 3 nitrogen and oxygen atoms in total. The zero-order chi connectivity index (χ0) is 17.3. The van der Waals surface area contributed by atoms with E-state index in [-0.39, 0.29) is 22.3 Å². The third-order valence-corrected chi connectivity index (χ3v) is 4.27. The van der Waals surface area contributed by atoms with Crippen molar-refractivity contribution in [3.8, 4) is 33.8 Å². The molecule has 0 saturated heterocycles. The van der Waals surface area contributed by atoms with Crippen LogP contribution in [-0.4, -0.2) is 16.0 Å². The molecule has 0 atom stereocenters. The summed E-state index contributed by atoms with van der Waals surface area (Å²) in [4.78, 5) is 12.0. The molecule has 0 unspecified atom stereocenters. The number of phenolic OH excluding ortho intramolecular Hbond substituents is 2. The summed E-state index contributed by atoms with van der Waals surface area (Å²) in [7, 11) is 0. The van der Waals surface area contributed by atoms with Crippen LogP contribution < -0.4 is 0 Å². The number of Topliss-reactive ketones (excluding diaryl/α,β-unsaturated/α-hetero) is 1. The molecule has 120 valence electrons. The van der Waals surface area contributed by atoms with Gasteiger partial charge in [0.05, 0.1) is 5.02 Å². The average molecular weight is 339 g/mol. The SMILES string of the molecule is CC(=O)c1cc(-c2ccccc2O)cc(-c2ccccc2O)c1Cl. The van der Waals surface area contributed by atoms with Gasteiger partial charge < -0.3 is 10.2 Å². The van der Waals surface area contributed by atoms with Gasteiger partial charge in [0.25, 0.3) is 0 Å². The maximum Gasteiger partial charge on any atom is 0.161 e. The predicted molar refractivity (Wildman–Crippen MR) is 95.7 cm³/mol. The largest absolute Gasteiger partial charge is 0.507 e. The van der Waals surface area contributed by atoms with Crippen molar-refractivity contribution < 1.29 is 15.0 Å². The lowest BCUT2D eigenvalue weighted by Crippen LogP contribution is -1.97. The normalized spacial score (nSPS) is 10.6. The van der Waals surface area contributed by atoms with Crippen molar-refractivity contribution in [3.05, 3.63) is 71.2 Å². The molecule has 0 aliphatic rings. The van der Waals surface area contributed by atoms with Gasteiger partial charge in [0.1, 0.15) is 11.5 Å². The molecule has 0 fully saturated rings. The second-order valence-corrected chi connectivity index (χ2v) is 5.85. The smallest absolute Gasteiger partial charge is 0.161 e. The average Bonchev–Trinajstić information content (AvgIpc) is 2.56. The van der Waals surface area contributed by atoms with Crippen LogP contribution in [0.2, 0.25) is 5.02 Å². The van der Waals surface area contributed by atoms with Gasteiger partial charge in [0.2, 0.25) is 0 Å². The van der Waals surface area contributed by atoms with E-state index in [1.54, 1.807) is 60.7 Å². The first-order chi connectivity index (χ1) is 11.5. The highest BCUT2D eigenvalue weighted by Gasteiger charge is 2.17. The zero-order valence-electron chi connectivity index (χ0n) is 13.0. The van der Waals surface area contributed by atoms with Crippen LogP contribution in [0, 0.1) is 0 Å². The molecule has 0 radical (unpaired) electrons. The third kappa shape index (κ3) is 2.86. The monoisotopic (exact) mass is 338 g/mol. The molecule has 0 aliphatic heterocycles. The number of rotatable bonds is 3. The summed E-state index contributed by atoms with van der Waals surface area (Å²) in [6.45, 7) is 1.43. The van der Waals surface area contributed by atoms with Gasteiger partial charge in [0.15, 0.2) is 5.78 Å². The lowest BCUT2D eigenvalue weighted by atomic mass is 9.94. The molecular formula is C20H15ClO3. The molecule has 3 rings (SSSR count). The number of para-hydroxylation sites is 2. The number of aromatic hydroxyl groups is 2. The van der Waals surface area contributed by atoms with E-state index >= 15 is 0 Å². The van der Waals surface area contributed by atoms with E-state index in [1.165, 1.54) is 6.92 Å². The van der Waals surface area contributed by atoms with Crippen molar-refractivity contribution in [1.82, 2.24) is 0 Å². The van der Waals surface area contributed by atoms with E-state index < -0.39 is 0 Å². The highest BCUT2D eigenvalue weighted by Crippen LogP contribution is 2.40. The molecule has 0 saturated carbocycles. The summed E-state index contributed by atoms with van der Waals surface area (Å²) in [5, 5.41) is 20.5. The van der Waals surface area contributed by atoms with Crippen molar-refractivity contribution in [2.45, 2.75) is 6.92 Å². The summed E-state index contributed by atoms with van der Waals surface area (Å²) in [6, 6.07) is 17.1. The van der Waals surface area contributed by atoms with Crippen LogP contribution >= 0.6 is 11.6 Å². The van der Waals surface area contributed by atoms with Gasteiger partial charge in [-0.15, -0.1) is 0 Å². The molecule has 0 aromatic heterocycles. The molecule has 0 aliphatic carbocycles. The fraction of sp³-hybridized carbons (Fsp3) is 0.0500. The van der Waals surface area contributed by atoms with Crippen molar-refractivity contribution in [1.29, 1.82) is 0 Å². The molecule has 3 aromatic rings. The Hall–Kier alpha value is -2.78. The van der Waals surface area contributed by atoms with Crippen molar-refractivity contribution in [3.63, 3.8) is 0 Å². The quantitative estimate of drug-likeness (QED) is 0.638. The van der Waals surface area contributed by atoms with E-state index in [2.05, 4.69) is 0 Å². The van der Waals surface area contributed by atoms with Crippen LogP contribution in [0.25, 0.3) is 22.3 Å². The zero-order valence-corrected chi connectivity index (χ0v) is 13.7. The fourth-order valence-electron chi connectivity index (χ4n) is 2.65. The number of hydrogen-bond acceptors (Lipinski definition) is 3. The van der Waals surface area contributed by atoms with E-state index in [4.69, 9.17) is 11.6 Å². The van der Waals surface area contributed by atoms with Crippen molar-refractivity contribution in [2.24, 2.45) is 0 Å². The number of phenols is 2. The van der Waals surface area contributed by atoms with Gasteiger partial charge in [-0.3, -0.25) is 4.79 Å². The summed E-state index contributed by atoms with van der Waals surface area (Å²) in [5.41, 5.74) is 2.66. The Bertz CT molecular complexity index is 932. The first kappa shape index (κ1) is 16.1. The van der Waals surface area contributed by atoms with Crippen LogP contribution in [0.5, 0.6) is 11.5 Å². The Balaban J connectivity index is 2.32. The molecule has 0 spiro atoms. The number of carbonyl (C=O) groups is 1. The van der Waals surface area contributed by atoms with Crippen molar-refractivity contribution >= 4 is 17.4 Å². The molecule has 0 amide bonds. The Kier molecular flexibility index (Phi) is 4.28. The minimum atomic E-state index is -0.186. The van der Waals surface area contributed by atoms with Gasteiger partial charge in [-0.25, -0.2) is 0 Å². The van der Waals surface area contributed by atoms with E-state index in [0.717, 1.165) is 0 Å². The summed E-state index contributed by atoms with van der Waals surface area (Å²) in [5.74, 6) is -0.00478. The van der Waals surface area contributed by atoms with Gasteiger partial charge in [-0.2, -0.15) is 0 Å². The lowest BCUT2D eigenvalue weighted by molar-refractivity contribution is 0.101. The molecule has 4 heteroatoms. The number of halogens is 1. The molecule has 2 N–H and O–H groups in total. The number of ketones is 1. The van der Waals surface area contributed by atoms with E-state index in [0.29, 0.717) is 27.8 Å². The molecule has 3 aromatic carbocycles. The van der Waals surface area contributed by atoms with Gasteiger partial charge in [-0.05, 0) is 36.8 Å². The minimum Gasteiger partial charge on any atom is -0.507 e. The second kappa shape index (κ2) is 6.38. The Labute approximate surface area is 144 Å². The van der Waals surface area contributed by atoms with E-state index in [1.807, 2.05) is 0 Å². The Morgan fingerprint density at radius 1 is 0.833 bits per heavy atom. The Morgan fingerprint density at radius 2 is 1.38 bits per heavy atom. The molecule has 0 bridgehead atoms. The van der Waals surface area contributed by atoms with Gasteiger partial charge >= 0.3 is 0 Å². The maximum absolute atomic E-state index is 12.0. The van der Waals surface area contributed by atoms with Crippen LogP contribution in [0.15, 0.2) is 60.7 Å². The molecule has 24 heavy (non-hydrogen) atoms. The standard InChI is InChI=1S/C20H15ClO3/c1-12(22)16-10-13(14-6-2-4-8-18(14)23)11-17(20(16)21)15-7-3-5-9-19(15)24/h2-11,23-24H,1H3. The topological polar surface area (TPSA) is 57.5 Å². The van der Waals surface area contributed by atoms with Gasteiger partial charge in [0, 0.05) is 22.3 Å². The summed E-state index contributed by atoms with van der Waals surface area (Å²) < 4.78 is 0. The number of hydrogen-bond donors (Lipinski definition) is 2. The van der Waals surface area contributed by atoms with Crippen LogP contribution in [0.3, 0.4) is 0 Å². The predicted octanol–water partition coefficient (Wildman–Crippen LogP) is 5.29. The first-order valence-electron chi connectivity index (χ1n) is 7.40. The fourth-order valence-corrected chi connectivity index (χ4v) is 3.00. The molecular weight excluding hydrogens is 324 g/mol. The highest BCUT2D eigenvalue weighted by atomic mass is 35.5. The first-order valence-corrected chi connectivity index (χ1v) is 7.78. The second-order valence-electron chi connectivity index (χ2n) is 5.48. The lowest BCUT2D eigenvalue weighted by Gasteiger charge is -2.14. The highest BCUT2D eigenvalue weighted by molar-refractivity contribution is 6.36. The maximum atomic E-state index is 12.0. The van der Waals surface area contributed by atoms with Crippen LogP contribution in [-0.2, 0) is 0 Å². The third-order valence-electron chi connectivity index (χ3n) is 3.86. The van der Waals surface area contributed by atoms with Crippen LogP contribution in [0.4, 0.5) is 0 Å². The number of carbonyl (C=O) groups excluding carboxylic acids is 1. The minimum absolute atomic E-state index is 0.0725. The Morgan fingerprint density at radius 3 is 1.92 bits per heavy atom. The summed E-state index contributed by atoms with van der Waals surface area (Å²) >= 11 is 6.42. The van der Waals surface area contributed by atoms with Crippen LogP contribution in [0.1, 0.15) is 17.3 Å². The van der Waals surface area contributed by atoms with Gasteiger partial charge in [-0.1, -0.05) is 48.0 Å². The number of benzene rings is 3. The molecule has 0 heterocycles.